The van der Waals surface area contributed by atoms with Gasteiger partial charge in [-0.2, -0.15) is 0 Å². The largest absolute Gasteiger partial charge is 0.365 e. The summed E-state index contributed by atoms with van der Waals surface area (Å²) in [6.45, 7) is 1.97. The molecule has 19 heavy (non-hydrogen) atoms. The topological polar surface area (TPSA) is 37.8 Å². The van der Waals surface area contributed by atoms with Gasteiger partial charge >= 0.3 is 0 Å². The van der Waals surface area contributed by atoms with Crippen LogP contribution < -0.4 is 5.32 Å². The standard InChI is InChI=1S/C14H12ClN3S/c1-8-6-10(12-7-19-14(16-2)18-12)9-4-3-5-11(15)13(9)17-8/h3-7H,1-2H3,(H,16,18). The minimum Gasteiger partial charge on any atom is -0.365 e. The number of aromatic nitrogens is 2. The van der Waals surface area contributed by atoms with Crippen molar-refractivity contribution in [1.29, 1.82) is 0 Å². The van der Waals surface area contributed by atoms with E-state index in [1.807, 2.05) is 43.6 Å². The number of aryl methyl sites for hydroxylation is 1. The van der Waals surface area contributed by atoms with Crippen molar-refractivity contribution >= 4 is 39.0 Å². The molecule has 2 aromatic heterocycles. The Morgan fingerprint density at radius 1 is 1.26 bits per heavy atom. The molecule has 0 fully saturated rings. The molecule has 1 aromatic carbocycles. The third-order valence-corrected chi connectivity index (χ3v) is 4.08. The summed E-state index contributed by atoms with van der Waals surface area (Å²) in [5.74, 6) is 0. The number of para-hydroxylation sites is 1. The number of pyridine rings is 1. The predicted octanol–water partition coefficient (Wildman–Crippen LogP) is 4.36. The second kappa shape index (κ2) is 4.79. The molecule has 0 unspecified atom stereocenters. The number of nitrogens with zero attached hydrogens (tertiary/aromatic N) is 2. The molecule has 0 spiro atoms. The monoisotopic (exact) mass is 289 g/mol. The summed E-state index contributed by atoms with van der Waals surface area (Å²) in [7, 11) is 1.87. The Hall–Kier alpha value is -1.65. The van der Waals surface area contributed by atoms with Crippen molar-refractivity contribution in [3.05, 3.63) is 40.4 Å². The van der Waals surface area contributed by atoms with Crippen LogP contribution in [0.1, 0.15) is 5.69 Å². The van der Waals surface area contributed by atoms with Gasteiger partial charge in [-0.05, 0) is 19.1 Å². The zero-order valence-electron chi connectivity index (χ0n) is 10.6. The third kappa shape index (κ3) is 2.17. The van der Waals surface area contributed by atoms with Gasteiger partial charge in [-0.15, -0.1) is 11.3 Å². The second-order valence-electron chi connectivity index (χ2n) is 4.24. The number of anilines is 1. The van der Waals surface area contributed by atoms with Crippen LogP contribution in [0.15, 0.2) is 29.6 Å². The van der Waals surface area contributed by atoms with Crippen molar-refractivity contribution in [3.8, 4) is 11.3 Å². The van der Waals surface area contributed by atoms with Crippen LogP contribution in [0.4, 0.5) is 5.13 Å². The number of nitrogens with one attached hydrogen (secondary N) is 1. The molecule has 0 aliphatic rings. The zero-order valence-corrected chi connectivity index (χ0v) is 12.1. The first-order valence-corrected chi connectivity index (χ1v) is 7.14. The Balaban J connectivity index is 2.31. The smallest absolute Gasteiger partial charge is 0.182 e. The van der Waals surface area contributed by atoms with Crippen molar-refractivity contribution in [2.75, 3.05) is 12.4 Å². The average molecular weight is 290 g/mol. The number of hydrogen-bond donors (Lipinski definition) is 1. The highest BCUT2D eigenvalue weighted by molar-refractivity contribution is 7.14. The molecule has 1 N–H and O–H groups in total. The van der Waals surface area contributed by atoms with E-state index in [1.165, 1.54) is 0 Å². The molecule has 3 aromatic rings. The molecule has 0 atom stereocenters. The summed E-state index contributed by atoms with van der Waals surface area (Å²) in [4.78, 5) is 9.07. The maximum Gasteiger partial charge on any atom is 0.182 e. The van der Waals surface area contributed by atoms with Gasteiger partial charge in [0.1, 0.15) is 0 Å². The normalized spacial score (nSPS) is 10.9. The van der Waals surface area contributed by atoms with Gasteiger partial charge in [0.25, 0.3) is 0 Å². The van der Waals surface area contributed by atoms with Crippen molar-refractivity contribution in [2.24, 2.45) is 0 Å². The minimum atomic E-state index is 0.673. The molecule has 3 rings (SSSR count). The van der Waals surface area contributed by atoms with Gasteiger partial charge in [-0.1, -0.05) is 23.7 Å². The van der Waals surface area contributed by atoms with E-state index in [-0.39, 0.29) is 0 Å². The van der Waals surface area contributed by atoms with Crippen LogP contribution in [0.2, 0.25) is 5.02 Å². The van der Waals surface area contributed by atoms with Gasteiger partial charge < -0.3 is 5.32 Å². The van der Waals surface area contributed by atoms with Gasteiger partial charge in [-0.3, -0.25) is 4.98 Å². The van der Waals surface area contributed by atoms with Crippen LogP contribution in [-0.4, -0.2) is 17.0 Å². The molecular formula is C14H12ClN3S. The number of benzene rings is 1. The second-order valence-corrected chi connectivity index (χ2v) is 5.50. The lowest BCUT2D eigenvalue weighted by atomic mass is 10.1. The third-order valence-electron chi connectivity index (χ3n) is 2.91. The van der Waals surface area contributed by atoms with E-state index in [9.17, 15) is 0 Å². The lowest BCUT2D eigenvalue weighted by Gasteiger charge is -2.06. The number of thiazole rings is 1. The van der Waals surface area contributed by atoms with Gasteiger partial charge in [0.2, 0.25) is 0 Å². The maximum atomic E-state index is 6.23. The molecule has 0 bridgehead atoms. The van der Waals surface area contributed by atoms with Gasteiger partial charge in [-0.25, -0.2) is 4.98 Å². The Bertz CT molecular complexity index is 752. The van der Waals surface area contributed by atoms with E-state index in [2.05, 4.69) is 15.3 Å². The van der Waals surface area contributed by atoms with Gasteiger partial charge in [0, 0.05) is 29.1 Å². The van der Waals surface area contributed by atoms with Crippen LogP contribution in [0, 0.1) is 6.92 Å². The average Bonchev–Trinajstić information content (AvgIpc) is 2.88. The van der Waals surface area contributed by atoms with Crippen molar-refractivity contribution in [3.63, 3.8) is 0 Å². The summed E-state index contributed by atoms with van der Waals surface area (Å²) >= 11 is 7.82. The number of rotatable bonds is 2. The van der Waals surface area contributed by atoms with E-state index in [0.29, 0.717) is 5.02 Å². The molecule has 0 aliphatic heterocycles. The first-order valence-electron chi connectivity index (χ1n) is 5.88. The Morgan fingerprint density at radius 3 is 2.84 bits per heavy atom. The summed E-state index contributed by atoms with van der Waals surface area (Å²) in [5.41, 5.74) is 3.79. The minimum absolute atomic E-state index is 0.673. The highest BCUT2D eigenvalue weighted by atomic mass is 35.5. The van der Waals surface area contributed by atoms with Crippen molar-refractivity contribution < 1.29 is 0 Å². The first kappa shape index (κ1) is 12.4. The highest BCUT2D eigenvalue weighted by Gasteiger charge is 2.11. The lowest BCUT2D eigenvalue weighted by Crippen LogP contribution is -1.90. The summed E-state index contributed by atoms with van der Waals surface area (Å²) in [5, 5.41) is 7.71. The van der Waals surface area contributed by atoms with Crippen LogP contribution in [0.25, 0.3) is 22.2 Å². The van der Waals surface area contributed by atoms with E-state index in [1.54, 1.807) is 11.3 Å². The fourth-order valence-corrected chi connectivity index (χ4v) is 2.95. The van der Waals surface area contributed by atoms with Crippen molar-refractivity contribution in [1.82, 2.24) is 9.97 Å². The molecule has 0 amide bonds. The maximum absolute atomic E-state index is 6.23. The fourth-order valence-electron chi connectivity index (χ4n) is 2.07. The van der Waals surface area contributed by atoms with Crippen molar-refractivity contribution in [2.45, 2.75) is 6.92 Å². The Kier molecular flexibility index (Phi) is 3.12. The van der Waals surface area contributed by atoms with Crippen LogP contribution >= 0.6 is 22.9 Å². The van der Waals surface area contributed by atoms with Crippen LogP contribution in [-0.2, 0) is 0 Å². The summed E-state index contributed by atoms with van der Waals surface area (Å²) in [6, 6.07) is 7.88. The van der Waals surface area contributed by atoms with E-state index < -0.39 is 0 Å². The van der Waals surface area contributed by atoms with Crippen LogP contribution in [0.5, 0.6) is 0 Å². The Labute approximate surface area is 120 Å². The molecule has 0 aliphatic carbocycles. The van der Waals surface area contributed by atoms with E-state index in [4.69, 9.17) is 11.6 Å². The predicted molar refractivity (Wildman–Crippen MR) is 82.1 cm³/mol. The lowest BCUT2D eigenvalue weighted by molar-refractivity contribution is 1.25. The van der Waals surface area contributed by atoms with Crippen LogP contribution in [0.3, 0.4) is 0 Å². The fraction of sp³-hybridized carbons (Fsp3) is 0.143. The molecule has 0 radical (unpaired) electrons. The molecular weight excluding hydrogens is 278 g/mol. The number of hydrogen-bond acceptors (Lipinski definition) is 4. The molecule has 3 nitrogen and oxygen atoms in total. The molecule has 96 valence electrons. The first-order chi connectivity index (χ1) is 9.19. The van der Waals surface area contributed by atoms with E-state index in [0.717, 1.165) is 33.0 Å². The highest BCUT2D eigenvalue weighted by Crippen LogP contribution is 2.33. The quantitative estimate of drug-likeness (QED) is 0.761. The number of halogens is 1. The molecule has 5 heteroatoms. The summed E-state index contributed by atoms with van der Waals surface area (Å²) < 4.78 is 0. The SMILES string of the molecule is CNc1nc(-c2cc(C)nc3c(Cl)cccc23)cs1. The number of fused-ring (bicyclic) bond motifs is 1. The molecule has 0 saturated carbocycles. The molecule has 0 saturated heterocycles. The zero-order chi connectivity index (χ0) is 13.4. The molecule has 2 heterocycles. The summed E-state index contributed by atoms with van der Waals surface area (Å²) in [6.07, 6.45) is 0. The Morgan fingerprint density at radius 2 is 2.11 bits per heavy atom. The van der Waals surface area contributed by atoms with Gasteiger partial charge in [0.15, 0.2) is 5.13 Å². The van der Waals surface area contributed by atoms with Gasteiger partial charge in [0.05, 0.1) is 16.2 Å². The van der Waals surface area contributed by atoms with E-state index >= 15 is 0 Å².